The molecule has 1 unspecified atom stereocenters. The number of benzene rings is 1. The van der Waals surface area contributed by atoms with E-state index in [4.69, 9.17) is 23.6 Å². The van der Waals surface area contributed by atoms with Crippen LogP contribution in [0.1, 0.15) is 18.9 Å². The van der Waals surface area contributed by atoms with Gasteiger partial charge in [0.25, 0.3) is 5.91 Å². The molecule has 1 atom stereocenters. The van der Waals surface area contributed by atoms with Crippen molar-refractivity contribution in [1.82, 2.24) is 3.94 Å². The first kappa shape index (κ1) is 12.3. The Balaban J connectivity index is 2.66. The fourth-order valence-corrected chi connectivity index (χ4v) is 1.72. The summed E-state index contributed by atoms with van der Waals surface area (Å²) in [6.45, 7) is 1.95. The van der Waals surface area contributed by atoms with Crippen LogP contribution in [0.4, 0.5) is 0 Å². The molecule has 0 radical (unpaired) electrons. The Kier molecular flexibility index (Phi) is 4.92. The van der Waals surface area contributed by atoms with E-state index < -0.39 is 0 Å². The van der Waals surface area contributed by atoms with Crippen LogP contribution in [0, 0.1) is 5.92 Å². The summed E-state index contributed by atoms with van der Waals surface area (Å²) in [5.41, 5.74) is 1.12. The summed E-state index contributed by atoms with van der Waals surface area (Å²) >= 11 is 10.8. The van der Waals surface area contributed by atoms with Crippen molar-refractivity contribution in [2.24, 2.45) is 5.92 Å². The van der Waals surface area contributed by atoms with E-state index in [1.54, 1.807) is 0 Å². The molecule has 0 saturated carbocycles. The topological polar surface area (TPSA) is 20.3 Å². The van der Waals surface area contributed by atoms with E-state index in [2.05, 4.69) is 0 Å². The van der Waals surface area contributed by atoms with E-state index in [9.17, 15) is 4.79 Å². The van der Waals surface area contributed by atoms with Crippen LogP contribution in [-0.4, -0.2) is 9.85 Å². The summed E-state index contributed by atoms with van der Waals surface area (Å²) in [6.07, 6.45) is 1.40. The smallest absolute Gasteiger partial charge is 0.255 e. The summed E-state index contributed by atoms with van der Waals surface area (Å²) < 4.78 is 0.622. The van der Waals surface area contributed by atoms with Gasteiger partial charge < -0.3 is 0 Å². The normalized spacial score (nSPS) is 12.2. The Morgan fingerprint density at radius 1 is 1.33 bits per heavy atom. The number of nitrogens with zero attached hydrogens (tertiary/aromatic N) is 1. The number of halogens is 2. The first-order valence-corrected chi connectivity index (χ1v) is 5.52. The highest BCUT2D eigenvalue weighted by Gasteiger charge is 2.21. The summed E-state index contributed by atoms with van der Waals surface area (Å²) in [4.78, 5) is 11.5. The van der Waals surface area contributed by atoms with Crippen LogP contribution in [0.3, 0.4) is 0 Å². The molecule has 0 bridgehead atoms. The lowest BCUT2D eigenvalue weighted by molar-refractivity contribution is -0.127. The van der Waals surface area contributed by atoms with E-state index in [-0.39, 0.29) is 11.8 Å². The lowest BCUT2D eigenvalue weighted by Gasteiger charge is -2.15. The Morgan fingerprint density at radius 3 is 2.40 bits per heavy atom. The van der Waals surface area contributed by atoms with Crippen LogP contribution in [0.2, 0.25) is 0 Å². The fourth-order valence-electron chi connectivity index (χ4n) is 1.44. The summed E-state index contributed by atoms with van der Waals surface area (Å²) in [5, 5.41) is 0. The molecule has 0 aliphatic carbocycles. The van der Waals surface area contributed by atoms with Crippen LogP contribution >= 0.6 is 23.6 Å². The number of carbonyl (C=O) groups excluding carboxylic acids is 1. The maximum atomic E-state index is 11.5. The zero-order valence-electron chi connectivity index (χ0n) is 8.49. The standard InChI is InChI=1S/C11H13Cl2NO/c1-2-10(11(15)14(12)13)8-9-6-4-3-5-7-9/h3-7,10H,2,8H2,1H3. The second-order valence-corrected chi connectivity index (χ2v) is 4.22. The predicted molar refractivity (Wildman–Crippen MR) is 62.5 cm³/mol. The first-order valence-electron chi connectivity index (χ1n) is 4.84. The molecule has 1 aromatic rings. The molecular weight excluding hydrogens is 233 g/mol. The lowest BCUT2D eigenvalue weighted by Crippen LogP contribution is -2.24. The number of hydrogen-bond acceptors (Lipinski definition) is 1. The summed E-state index contributed by atoms with van der Waals surface area (Å²) in [5.74, 6) is -0.396. The largest absolute Gasteiger partial charge is 0.272 e. The molecule has 1 rings (SSSR count). The minimum absolute atomic E-state index is 0.151. The Bertz CT molecular complexity index is 314. The molecule has 0 heterocycles. The van der Waals surface area contributed by atoms with Crippen molar-refractivity contribution in [2.45, 2.75) is 19.8 Å². The highest BCUT2D eigenvalue weighted by atomic mass is 35.5. The third kappa shape index (κ3) is 3.73. The average Bonchev–Trinajstić information content (AvgIpc) is 2.26. The van der Waals surface area contributed by atoms with Crippen LogP contribution in [0.25, 0.3) is 0 Å². The first-order chi connectivity index (χ1) is 7.15. The zero-order valence-corrected chi connectivity index (χ0v) is 10.0. The van der Waals surface area contributed by atoms with Gasteiger partial charge in [0.05, 0.1) is 0 Å². The maximum absolute atomic E-state index is 11.5. The van der Waals surface area contributed by atoms with Crippen molar-refractivity contribution in [3.63, 3.8) is 0 Å². The van der Waals surface area contributed by atoms with Gasteiger partial charge in [-0.3, -0.25) is 4.79 Å². The van der Waals surface area contributed by atoms with E-state index in [0.717, 1.165) is 12.0 Å². The molecule has 0 saturated heterocycles. The van der Waals surface area contributed by atoms with Crippen LogP contribution in [-0.2, 0) is 11.2 Å². The minimum atomic E-state index is -0.246. The van der Waals surface area contributed by atoms with Gasteiger partial charge in [0, 0.05) is 29.5 Å². The van der Waals surface area contributed by atoms with Gasteiger partial charge >= 0.3 is 0 Å². The van der Waals surface area contributed by atoms with E-state index >= 15 is 0 Å². The molecule has 0 aromatic heterocycles. The quantitative estimate of drug-likeness (QED) is 0.745. The molecule has 0 fully saturated rings. The van der Waals surface area contributed by atoms with Gasteiger partial charge in [-0.25, -0.2) is 0 Å². The number of carbonyl (C=O) groups is 1. The van der Waals surface area contributed by atoms with Gasteiger partial charge in [0.1, 0.15) is 0 Å². The van der Waals surface area contributed by atoms with Crippen LogP contribution in [0.5, 0.6) is 0 Å². The molecule has 0 N–H and O–H groups in total. The Labute approximate surface area is 100 Å². The molecular formula is C11H13Cl2NO. The molecule has 15 heavy (non-hydrogen) atoms. The monoisotopic (exact) mass is 245 g/mol. The molecule has 0 aliphatic rings. The highest BCUT2D eigenvalue weighted by molar-refractivity contribution is 6.41. The van der Waals surface area contributed by atoms with Crippen molar-refractivity contribution in [1.29, 1.82) is 0 Å². The number of rotatable bonds is 4. The maximum Gasteiger partial charge on any atom is 0.255 e. The average molecular weight is 246 g/mol. The van der Waals surface area contributed by atoms with E-state index in [1.165, 1.54) is 0 Å². The van der Waals surface area contributed by atoms with Crippen molar-refractivity contribution >= 4 is 29.5 Å². The third-order valence-electron chi connectivity index (χ3n) is 2.33. The Hall–Kier alpha value is -0.730. The molecule has 1 aromatic carbocycles. The van der Waals surface area contributed by atoms with Crippen LogP contribution in [0.15, 0.2) is 30.3 Å². The van der Waals surface area contributed by atoms with Gasteiger partial charge in [0.2, 0.25) is 0 Å². The molecule has 1 amide bonds. The van der Waals surface area contributed by atoms with Gasteiger partial charge in [-0.2, -0.15) is 3.94 Å². The molecule has 0 spiro atoms. The van der Waals surface area contributed by atoms with Gasteiger partial charge in [-0.15, -0.1) is 0 Å². The van der Waals surface area contributed by atoms with Crippen molar-refractivity contribution in [3.8, 4) is 0 Å². The summed E-state index contributed by atoms with van der Waals surface area (Å²) in [6, 6.07) is 9.82. The molecule has 2 nitrogen and oxygen atoms in total. The van der Waals surface area contributed by atoms with Crippen molar-refractivity contribution < 1.29 is 4.79 Å². The SMILES string of the molecule is CCC(Cc1ccccc1)C(=O)N(Cl)Cl. The van der Waals surface area contributed by atoms with Crippen molar-refractivity contribution in [3.05, 3.63) is 35.9 Å². The van der Waals surface area contributed by atoms with Gasteiger partial charge in [-0.1, -0.05) is 37.3 Å². The van der Waals surface area contributed by atoms with Crippen molar-refractivity contribution in [2.75, 3.05) is 0 Å². The van der Waals surface area contributed by atoms with E-state index in [1.807, 2.05) is 37.3 Å². The fraction of sp³-hybridized carbons (Fsp3) is 0.364. The second-order valence-electron chi connectivity index (χ2n) is 3.37. The third-order valence-corrected chi connectivity index (χ3v) is 2.67. The van der Waals surface area contributed by atoms with E-state index in [0.29, 0.717) is 10.4 Å². The predicted octanol–water partition coefficient (Wildman–Crippen LogP) is 3.39. The number of hydrogen-bond donors (Lipinski definition) is 0. The lowest BCUT2D eigenvalue weighted by atomic mass is 9.96. The van der Waals surface area contributed by atoms with Crippen LogP contribution < -0.4 is 0 Å². The van der Waals surface area contributed by atoms with Gasteiger partial charge in [0.15, 0.2) is 0 Å². The molecule has 0 aliphatic heterocycles. The molecule has 82 valence electrons. The second kappa shape index (κ2) is 5.99. The zero-order chi connectivity index (χ0) is 11.3. The number of amides is 1. The van der Waals surface area contributed by atoms with Gasteiger partial charge in [-0.05, 0) is 18.4 Å². The highest BCUT2D eigenvalue weighted by Crippen LogP contribution is 2.17. The molecule has 4 heteroatoms. The summed E-state index contributed by atoms with van der Waals surface area (Å²) in [7, 11) is 0. The minimum Gasteiger partial charge on any atom is -0.272 e. The Morgan fingerprint density at radius 2 is 1.93 bits per heavy atom.